The van der Waals surface area contributed by atoms with E-state index in [1.54, 1.807) is 30.3 Å². The van der Waals surface area contributed by atoms with E-state index in [2.05, 4.69) is 0 Å². The van der Waals surface area contributed by atoms with Gasteiger partial charge in [0, 0.05) is 49.0 Å². The van der Waals surface area contributed by atoms with Crippen molar-refractivity contribution in [3.05, 3.63) is 72.4 Å². The maximum Gasteiger partial charge on any atom is 0.274 e. The molecule has 1 fully saturated rings. The van der Waals surface area contributed by atoms with Crippen LogP contribution >= 0.6 is 34.8 Å². The third-order valence-corrected chi connectivity index (χ3v) is 8.51. The number of carbonyl (C=O) groups excluding carboxylic acids is 2. The molecule has 7 nitrogen and oxygen atoms in total. The molecule has 1 aromatic heterocycles. The number of anilines is 1. The first kappa shape index (κ1) is 24.9. The average Bonchev–Trinajstić information content (AvgIpc) is 3.27. The van der Waals surface area contributed by atoms with Gasteiger partial charge in [0.15, 0.2) is 6.29 Å². The number of piperazine rings is 1. The number of rotatable bonds is 4. The Kier molecular flexibility index (Phi) is 6.41. The first-order valence-corrected chi connectivity index (χ1v) is 13.6. The van der Waals surface area contributed by atoms with E-state index in [0.29, 0.717) is 49.1 Å². The van der Waals surface area contributed by atoms with Gasteiger partial charge in [0.1, 0.15) is 0 Å². The second kappa shape index (κ2) is 9.27. The molecule has 0 spiro atoms. The van der Waals surface area contributed by atoms with Crippen LogP contribution < -0.4 is 4.90 Å². The summed E-state index contributed by atoms with van der Waals surface area (Å²) in [4.78, 5) is 27.9. The number of hydrogen-bond acceptors (Lipinski definition) is 5. The van der Waals surface area contributed by atoms with Crippen molar-refractivity contribution >= 4 is 84.4 Å². The molecule has 1 amide bonds. The zero-order valence-electron chi connectivity index (χ0n) is 18.8. The number of alkyl halides is 3. The molecule has 0 atom stereocenters. The minimum atomic E-state index is -3.99. The van der Waals surface area contributed by atoms with E-state index in [9.17, 15) is 18.0 Å². The Hall–Kier alpha value is -2.78. The van der Waals surface area contributed by atoms with Crippen LogP contribution in [-0.4, -0.2) is 59.5 Å². The molecule has 4 aromatic rings. The summed E-state index contributed by atoms with van der Waals surface area (Å²) in [5.41, 5.74) is 1.34. The number of hydrogen-bond donors (Lipinski definition) is 0. The average molecular weight is 565 g/mol. The van der Waals surface area contributed by atoms with Gasteiger partial charge in [0.2, 0.25) is 0 Å². The summed E-state index contributed by atoms with van der Waals surface area (Å²) in [6.07, 6.45) is 2.01. The van der Waals surface area contributed by atoms with E-state index in [1.807, 2.05) is 35.2 Å². The van der Waals surface area contributed by atoms with Gasteiger partial charge in [-0.25, -0.2) is 12.4 Å². The van der Waals surface area contributed by atoms with E-state index in [4.69, 9.17) is 34.8 Å². The largest absolute Gasteiger partial charge is 0.367 e. The molecule has 1 aliphatic heterocycles. The molecular weight excluding hydrogens is 545 g/mol. The molecule has 5 rings (SSSR count). The minimum absolute atomic E-state index is 0.125. The van der Waals surface area contributed by atoms with Crippen LogP contribution in [0.2, 0.25) is 0 Å². The molecule has 0 radical (unpaired) electrons. The van der Waals surface area contributed by atoms with Crippen molar-refractivity contribution in [2.75, 3.05) is 31.1 Å². The fourth-order valence-corrected chi connectivity index (χ4v) is 6.36. The van der Waals surface area contributed by atoms with Crippen molar-refractivity contribution in [1.29, 1.82) is 0 Å². The quantitative estimate of drug-likeness (QED) is 0.261. The Morgan fingerprint density at radius 3 is 2.25 bits per heavy atom. The summed E-state index contributed by atoms with van der Waals surface area (Å²) in [7, 11) is -3.99. The highest BCUT2D eigenvalue weighted by Crippen LogP contribution is 2.35. The zero-order valence-corrected chi connectivity index (χ0v) is 21.9. The third-order valence-electron chi connectivity index (χ3n) is 6.36. The molecule has 1 aliphatic rings. The lowest BCUT2D eigenvalue weighted by Gasteiger charge is -2.37. The molecule has 2 heterocycles. The highest BCUT2D eigenvalue weighted by atomic mass is 35.6. The Morgan fingerprint density at radius 2 is 1.58 bits per heavy atom. The van der Waals surface area contributed by atoms with Crippen LogP contribution in [0.25, 0.3) is 21.7 Å². The highest BCUT2D eigenvalue weighted by molar-refractivity contribution is 7.90. The van der Waals surface area contributed by atoms with Crippen LogP contribution in [0.15, 0.2) is 71.8 Å². The van der Waals surface area contributed by atoms with Gasteiger partial charge >= 0.3 is 0 Å². The second-order valence-corrected chi connectivity index (χ2v) is 12.6. The van der Waals surface area contributed by atoms with Gasteiger partial charge in [0.25, 0.3) is 19.7 Å². The monoisotopic (exact) mass is 563 g/mol. The fraction of sp³-hybridized carbons (Fsp3) is 0.200. The Bertz CT molecular complexity index is 1600. The lowest BCUT2D eigenvalue weighted by Crippen LogP contribution is -2.51. The minimum Gasteiger partial charge on any atom is -0.367 e. The summed E-state index contributed by atoms with van der Waals surface area (Å²) in [5.74, 6) is -0.591. The molecule has 11 heteroatoms. The van der Waals surface area contributed by atoms with Crippen molar-refractivity contribution in [2.24, 2.45) is 0 Å². The van der Waals surface area contributed by atoms with Crippen molar-refractivity contribution < 1.29 is 18.0 Å². The summed E-state index contributed by atoms with van der Waals surface area (Å²) < 4.78 is 26.5. The van der Waals surface area contributed by atoms with Crippen molar-refractivity contribution in [3.8, 4) is 0 Å². The SMILES string of the molecule is O=Cc1cn(S(=O)(=O)c2ccc3ccccc3c2)c2cccc(N3CCN(C(=O)C(Cl)(Cl)Cl)CC3)c12. The molecule has 36 heavy (non-hydrogen) atoms. The summed E-state index contributed by atoms with van der Waals surface area (Å²) >= 11 is 17.2. The lowest BCUT2D eigenvalue weighted by atomic mass is 10.1. The number of aldehydes is 1. The van der Waals surface area contributed by atoms with Crippen LogP contribution in [0.1, 0.15) is 10.4 Å². The normalized spacial score (nSPS) is 15.0. The maximum absolute atomic E-state index is 13.7. The van der Waals surface area contributed by atoms with Crippen LogP contribution in [0.3, 0.4) is 0 Å². The van der Waals surface area contributed by atoms with Crippen molar-refractivity contribution in [3.63, 3.8) is 0 Å². The Morgan fingerprint density at radius 1 is 0.889 bits per heavy atom. The van der Waals surface area contributed by atoms with Crippen molar-refractivity contribution in [1.82, 2.24) is 8.87 Å². The van der Waals surface area contributed by atoms with E-state index < -0.39 is 19.7 Å². The van der Waals surface area contributed by atoms with Gasteiger partial charge in [-0.3, -0.25) is 9.59 Å². The molecular formula is C25H20Cl3N3O4S. The Labute approximate surface area is 222 Å². The molecule has 0 saturated carbocycles. The smallest absolute Gasteiger partial charge is 0.274 e. The lowest BCUT2D eigenvalue weighted by molar-refractivity contribution is -0.130. The van der Waals surface area contributed by atoms with Crippen molar-refractivity contribution in [2.45, 2.75) is 8.69 Å². The number of halogens is 3. The van der Waals surface area contributed by atoms with Gasteiger partial charge in [-0.15, -0.1) is 0 Å². The summed E-state index contributed by atoms with van der Waals surface area (Å²) in [6, 6.07) is 17.7. The summed E-state index contributed by atoms with van der Waals surface area (Å²) in [6.45, 7) is 1.48. The van der Waals surface area contributed by atoms with E-state index >= 15 is 0 Å². The first-order valence-electron chi connectivity index (χ1n) is 11.1. The van der Waals surface area contributed by atoms with Crippen LogP contribution in [0, 0.1) is 0 Å². The maximum atomic E-state index is 13.7. The number of nitrogens with zero attached hydrogens (tertiary/aromatic N) is 3. The topological polar surface area (TPSA) is 79.7 Å². The molecule has 0 aliphatic carbocycles. The molecule has 186 valence electrons. The van der Waals surface area contributed by atoms with Crippen LogP contribution in [0.4, 0.5) is 5.69 Å². The third kappa shape index (κ3) is 4.32. The molecule has 1 saturated heterocycles. The Balaban J connectivity index is 1.54. The number of amides is 1. The second-order valence-electron chi connectivity index (χ2n) is 8.46. The molecule has 0 bridgehead atoms. The van der Waals surface area contributed by atoms with Gasteiger partial charge < -0.3 is 9.80 Å². The van der Waals surface area contributed by atoms with Gasteiger partial charge in [0.05, 0.1) is 10.4 Å². The highest BCUT2D eigenvalue weighted by Gasteiger charge is 2.36. The predicted molar refractivity (Wildman–Crippen MR) is 143 cm³/mol. The summed E-state index contributed by atoms with van der Waals surface area (Å²) in [5, 5.41) is 2.25. The van der Waals surface area contributed by atoms with Gasteiger partial charge in [-0.05, 0) is 35.0 Å². The number of carbonyl (C=O) groups is 2. The zero-order chi connectivity index (χ0) is 25.7. The molecule has 0 unspecified atom stereocenters. The fourth-order valence-electron chi connectivity index (χ4n) is 4.59. The standard InChI is InChI=1S/C25H20Cl3N3O4S/c26-25(27,28)24(33)30-12-10-29(11-13-30)21-6-3-7-22-23(21)19(16-32)15-31(22)36(34,35)20-9-8-17-4-1-2-5-18(17)14-20/h1-9,14-16H,10-13H2. The number of aromatic nitrogens is 1. The molecule has 3 aromatic carbocycles. The van der Waals surface area contributed by atoms with Gasteiger partial charge in [-0.1, -0.05) is 71.2 Å². The van der Waals surface area contributed by atoms with E-state index in [0.717, 1.165) is 14.7 Å². The first-order chi connectivity index (χ1) is 17.1. The molecule has 0 N–H and O–H groups in total. The van der Waals surface area contributed by atoms with Crippen LogP contribution in [-0.2, 0) is 14.8 Å². The van der Waals surface area contributed by atoms with Gasteiger partial charge in [-0.2, -0.15) is 0 Å². The number of benzene rings is 3. The number of fused-ring (bicyclic) bond motifs is 2. The van der Waals surface area contributed by atoms with Crippen LogP contribution in [0.5, 0.6) is 0 Å². The van der Waals surface area contributed by atoms with E-state index in [1.165, 1.54) is 11.1 Å². The van der Waals surface area contributed by atoms with E-state index in [-0.39, 0.29) is 10.5 Å². The predicted octanol–water partition coefficient (Wildman–Crippen LogP) is 4.86.